The van der Waals surface area contributed by atoms with Gasteiger partial charge in [0.1, 0.15) is 6.04 Å². The van der Waals surface area contributed by atoms with Gasteiger partial charge < -0.3 is 9.64 Å². The smallest absolute Gasteiger partial charge is 0.329 e. The van der Waals surface area contributed by atoms with Crippen LogP contribution in [0.15, 0.2) is 42.5 Å². The number of hydrogen-bond acceptors (Lipinski definition) is 6. The molecule has 9 heteroatoms. The lowest BCUT2D eigenvalue weighted by atomic mass is 10.1. The predicted molar refractivity (Wildman–Crippen MR) is 116 cm³/mol. The van der Waals surface area contributed by atoms with Crippen LogP contribution in [-0.4, -0.2) is 47.8 Å². The monoisotopic (exact) mass is 453 g/mol. The standard InChI is InChI=1S/C23H20ClN3O5/c1-14-12-16(8-9-19(14)24)26(11-5-10-25)20(28)13-32-23(31)15(2)27-21(29)17-6-3-4-7-18(17)22(27)30/h3-4,6-9,12,15H,5,11,13H2,1-2H3. The van der Waals surface area contributed by atoms with E-state index in [-0.39, 0.29) is 24.1 Å². The summed E-state index contributed by atoms with van der Waals surface area (Å²) >= 11 is 6.04. The summed E-state index contributed by atoms with van der Waals surface area (Å²) in [6.07, 6.45) is 0.0762. The quantitative estimate of drug-likeness (QED) is 0.470. The maximum absolute atomic E-state index is 12.8. The summed E-state index contributed by atoms with van der Waals surface area (Å²) in [4.78, 5) is 52.5. The number of esters is 1. The molecule has 1 unspecified atom stereocenters. The Labute approximate surface area is 189 Å². The number of halogens is 1. The highest BCUT2D eigenvalue weighted by Crippen LogP contribution is 2.25. The number of amides is 3. The maximum atomic E-state index is 12.8. The lowest BCUT2D eigenvalue weighted by molar-refractivity contribution is -0.151. The molecule has 1 aliphatic rings. The van der Waals surface area contributed by atoms with Crippen LogP contribution in [-0.2, 0) is 14.3 Å². The number of imide groups is 1. The van der Waals surface area contributed by atoms with Gasteiger partial charge in [-0.05, 0) is 49.7 Å². The minimum Gasteiger partial charge on any atom is -0.454 e. The number of fused-ring (bicyclic) bond motifs is 1. The molecule has 3 amide bonds. The summed E-state index contributed by atoms with van der Waals surface area (Å²) in [5.74, 6) is -2.62. The molecule has 2 aromatic rings. The van der Waals surface area contributed by atoms with E-state index in [1.54, 1.807) is 37.3 Å². The van der Waals surface area contributed by atoms with Gasteiger partial charge in [0.15, 0.2) is 6.61 Å². The largest absolute Gasteiger partial charge is 0.454 e. The molecule has 3 rings (SSSR count). The molecule has 0 saturated carbocycles. The van der Waals surface area contributed by atoms with E-state index < -0.39 is 36.3 Å². The fourth-order valence-electron chi connectivity index (χ4n) is 3.35. The Hall–Kier alpha value is -3.70. The van der Waals surface area contributed by atoms with Crippen LogP contribution in [0.5, 0.6) is 0 Å². The van der Waals surface area contributed by atoms with Gasteiger partial charge in [-0.1, -0.05) is 23.7 Å². The Kier molecular flexibility index (Phi) is 6.91. The molecule has 8 nitrogen and oxygen atoms in total. The molecule has 0 aliphatic carbocycles. The van der Waals surface area contributed by atoms with Crippen LogP contribution in [0.4, 0.5) is 5.69 Å². The van der Waals surface area contributed by atoms with E-state index in [9.17, 15) is 19.2 Å². The molecule has 0 aromatic heterocycles. The van der Waals surface area contributed by atoms with E-state index in [4.69, 9.17) is 21.6 Å². The first-order valence-corrected chi connectivity index (χ1v) is 10.2. The molecule has 0 saturated heterocycles. The Morgan fingerprint density at radius 2 is 1.78 bits per heavy atom. The summed E-state index contributed by atoms with van der Waals surface area (Å²) in [6, 6.07) is 12.0. The topological polar surface area (TPSA) is 108 Å². The highest BCUT2D eigenvalue weighted by molar-refractivity contribution is 6.31. The van der Waals surface area contributed by atoms with E-state index in [2.05, 4.69) is 0 Å². The molecule has 164 valence electrons. The third-order valence-electron chi connectivity index (χ3n) is 5.09. The molecule has 32 heavy (non-hydrogen) atoms. The van der Waals surface area contributed by atoms with Crippen LogP contribution in [0.2, 0.25) is 5.02 Å². The Bertz CT molecular complexity index is 1110. The van der Waals surface area contributed by atoms with E-state index in [1.165, 1.54) is 24.0 Å². The van der Waals surface area contributed by atoms with Crippen molar-refractivity contribution in [2.45, 2.75) is 26.3 Å². The van der Waals surface area contributed by atoms with E-state index in [1.807, 2.05) is 6.07 Å². The Morgan fingerprint density at radius 3 is 2.34 bits per heavy atom. The van der Waals surface area contributed by atoms with Crippen LogP contribution in [0.3, 0.4) is 0 Å². The molecular weight excluding hydrogens is 434 g/mol. The number of carbonyl (C=O) groups is 4. The maximum Gasteiger partial charge on any atom is 0.329 e. The zero-order valence-electron chi connectivity index (χ0n) is 17.5. The lowest BCUT2D eigenvalue weighted by Crippen LogP contribution is -2.45. The van der Waals surface area contributed by atoms with Gasteiger partial charge in [0.25, 0.3) is 17.7 Å². The second kappa shape index (κ2) is 9.62. The van der Waals surface area contributed by atoms with E-state index >= 15 is 0 Å². The van der Waals surface area contributed by atoms with Crippen molar-refractivity contribution in [2.75, 3.05) is 18.1 Å². The first-order chi connectivity index (χ1) is 15.3. The van der Waals surface area contributed by atoms with Gasteiger partial charge in [0.05, 0.1) is 23.6 Å². The number of aryl methyl sites for hydroxylation is 1. The molecule has 1 atom stereocenters. The predicted octanol–water partition coefficient (Wildman–Crippen LogP) is 3.12. The van der Waals surface area contributed by atoms with Crippen molar-refractivity contribution in [1.82, 2.24) is 4.90 Å². The molecule has 0 N–H and O–H groups in total. The molecule has 0 bridgehead atoms. The molecule has 1 aliphatic heterocycles. The lowest BCUT2D eigenvalue weighted by Gasteiger charge is -2.24. The normalized spacial score (nSPS) is 13.4. The molecule has 0 radical (unpaired) electrons. The molecular formula is C23H20ClN3O5. The number of nitrogens with zero attached hydrogens (tertiary/aromatic N) is 3. The summed E-state index contributed by atoms with van der Waals surface area (Å²) in [5, 5.41) is 9.45. The third kappa shape index (κ3) is 4.48. The SMILES string of the molecule is Cc1cc(N(CCC#N)C(=O)COC(=O)C(C)N2C(=O)c3ccccc3C2=O)ccc1Cl. The van der Waals surface area contributed by atoms with Crippen LogP contribution < -0.4 is 4.90 Å². The average Bonchev–Trinajstić information content (AvgIpc) is 3.04. The zero-order valence-corrected chi connectivity index (χ0v) is 18.3. The number of hydrogen-bond donors (Lipinski definition) is 0. The number of benzene rings is 2. The third-order valence-corrected chi connectivity index (χ3v) is 5.52. The highest BCUT2D eigenvalue weighted by atomic mass is 35.5. The molecule has 0 spiro atoms. The van der Waals surface area contributed by atoms with Gasteiger partial charge in [0, 0.05) is 17.3 Å². The summed E-state index contributed by atoms with van der Waals surface area (Å²) in [6.45, 7) is 2.63. The van der Waals surface area contributed by atoms with Gasteiger partial charge in [-0.15, -0.1) is 0 Å². The number of ether oxygens (including phenoxy) is 1. The Balaban J connectivity index is 1.69. The van der Waals surface area contributed by atoms with Crippen LogP contribution >= 0.6 is 11.6 Å². The second-order valence-corrected chi connectivity index (χ2v) is 7.60. The zero-order chi connectivity index (χ0) is 23.4. The fraction of sp³-hybridized carbons (Fsp3) is 0.261. The minimum atomic E-state index is -1.21. The van der Waals surface area contributed by atoms with Crippen molar-refractivity contribution in [3.05, 3.63) is 64.2 Å². The number of anilines is 1. The fourth-order valence-corrected chi connectivity index (χ4v) is 3.47. The molecule has 0 fully saturated rings. The van der Waals surface area contributed by atoms with Crippen molar-refractivity contribution in [2.24, 2.45) is 0 Å². The van der Waals surface area contributed by atoms with Crippen LogP contribution in [0.25, 0.3) is 0 Å². The van der Waals surface area contributed by atoms with Crippen molar-refractivity contribution in [3.8, 4) is 6.07 Å². The van der Waals surface area contributed by atoms with Crippen LogP contribution in [0.1, 0.15) is 39.6 Å². The van der Waals surface area contributed by atoms with E-state index in [0.29, 0.717) is 10.7 Å². The van der Waals surface area contributed by atoms with Crippen molar-refractivity contribution >= 4 is 41.0 Å². The summed E-state index contributed by atoms with van der Waals surface area (Å²) in [5.41, 5.74) is 1.69. The average molecular weight is 454 g/mol. The van der Waals surface area contributed by atoms with Gasteiger partial charge in [-0.2, -0.15) is 5.26 Å². The summed E-state index contributed by atoms with van der Waals surface area (Å²) in [7, 11) is 0. The van der Waals surface area contributed by atoms with Gasteiger partial charge in [0.2, 0.25) is 0 Å². The Morgan fingerprint density at radius 1 is 1.16 bits per heavy atom. The van der Waals surface area contributed by atoms with Crippen LogP contribution in [0, 0.1) is 18.3 Å². The van der Waals surface area contributed by atoms with Crippen molar-refractivity contribution in [3.63, 3.8) is 0 Å². The van der Waals surface area contributed by atoms with Crippen molar-refractivity contribution < 1.29 is 23.9 Å². The number of rotatable bonds is 7. The first-order valence-electron chi connectivity index (χ1n) is 9.83. The van der Waals surface area contributed by atoms with Gasteiger partial charge in [-0.3, -0.25) is 19.3 Å². The number of nitriles is 1. The first kappa shape index (κ1) is 23.0. The second-order valence-electron chi connectivity index (χ2n) is 7.20. The molecule has 2 aromatic carbocycles. The highest BCUT2D eigenvalue weighted by Gasteiger charge is 2.41. The van der Waals surface area contributed by atoms with Gasteiger partial charge >= 0.3 is 5.97 Å². The van der Waals surface area contributed by atoms with Crippen molar-refractivity contribution in [1.29, 1.82) is 5.26 Å². The summed E-state index contributed by atoms with van der Waals surface area (Å²) < 4.78 is 5.12. The number of carbonyl (C=O) groups excluding carboxylic acids is 4. The van der Waals surface area contributed by atoms with E-state index in [0.717, 1.165) is 10.5 Å². The van der Waals surface area contributed by atoms with Gasteiger partial charge in [-0.25, -0.2) is 4.79 Å². The minimum absolute atomic E-state index is 0.0762. The molecule has 1 heterocycles.